The van der Waals surface area contributed by atoms with Crippen molar-refractivity contribution < 1.29 is 4.52 Å². The van der Waals surface area contributed by atoms with E-state index in [1.54, 1.807) is 11.3 Å². The summed E-state index contributed by atoms with van der Waals surface area (Å²) in [5, 5.41) is 9.49. The smallest absolute Gasteiger partial charge is 0.228 e. The maximum absolute atomic E-state index is 5.32. The highest BCUT2D eigenvalue weighted by atomic mass is 32.1. The van der Waals surface area contributed by atoms with Gasteiger partial charge in [-0.1, -0.05) is 32.0 Å². The number of nitrogens with one attached hydrogen (secondary N) is 1. The lowest BCUT2D eigenvalue weighted by molar-refractivity contribution is 0.329. The highest BCUT2D eigenvalue weighted by Gasteiger charge is 2.17. The molecule has 2 aromatic rings. The SMILES string of the molecule is CCNC(Cc1nc(-c2cccs2)no1)C(C)C. The minimum absolute atomic E-state index is 0.381. The van der Waals surface area contributed by atoms with Crippen LogP contribution in [0.4, 0.5) is 0 Å². The predicted molar refractivity (Wildman–Crippen MR) is 73.6 cm³/mol. The fourth-order valence-electron chi connectivity index (χ4n) is 1.84. The Morgan fingerprint density at radius 2 is 2.28 bits per heavy atom. The summed E-state index contributed by atoms with van der Waals surface area (Å²) < 4.78 is 5.32. The summed E-state index contributed by atoms with van der Waals surface area (Å²) in [5.74, 6) is 1.94. The van der Waals surface area contributed by atoms with Crippen LogP contribution in [0, 0.1) is 5.92 Å². The Bertz CT molecular complexity index is 464. The molecule has 2 heterocycles. The molecular weight excluding hydrogens is 246 g/mol. The molecule has 5 heteroatoms. The first-order valence-corrected chi connectivity index (χ1v) is 7.18. The fraction of sp³-hybridized carbons (Fsp3) is 0.538. The fourth-order valence-corrected chi connectivity index (χ4v) is 2.49. The van der Waals surface area contributed by atoms with E-state index in [9.17, 15) is 0 Å². The third kappa shape index (κ3) is 3.17. The number of aromatic nitrogens is 2. The molecule has 0 saturated carbocycles. The Kier molecular flexibility index (Phi) is 4.49. The third-order valence-electron chi connectivity index (χ3n) is 2.88. The van der Waals surface area contributed by atoms with Crippen LogP contribution in [0.5, 0.6) is 0 Å². The molecule has 0 aliphatic carbocycles. The van der Waals surface area contributed by atoms with Gasteiger partial charge in [0.15, 0.2) is 0 Å². The first-order valence-electron chi connectivity index (χ1n) is 6.30. The van der Waals surface area contributed by atoms with Gasteiger partial charge in [0.1, 0.15) is 0 Å². The summed E-state index contributed by atoms with van der Waals surface area (Å²) >= 11 is 1.62. The van der Waals surface area contributed by atoms with E-state index in [1.165, 1.54) is 0 Å². The van der Waals surface area contributed by atoms with Gasteiger partial charge < -0.3 is 9.84 Å². The molecule has 18 heavy (non-hydrogen) atoms. The molecule has 1 N–H and O–H groups in total. The van der Waals surface area contributed by atoms with E-state index in [4.69, 9.17) is 4.52 Å². The first-order chi connectivity index (χ1) is 8.70. The van der Waals surface area contributed by atoms with Gasteiger partial charge in [0.25, 0.3) is 0 Å². The monoisotopic (exact) mass is 265 g/mol. The highest BCUT2D eigenvalue weighted by Crippen LogP contribution is 2.21. The molecule has 0 aromatic carbocycles. The van der Waals surface area contributed by atoms with Crippen LogP contribution in [0.2, 0.25) is 0 Å². The number of likely N-dealkylation sites (N-methyl/N-ethyl adjacent to an activating group) is 1. The average Bonchev–Trinajstić information content (AvgIpc) is 2.98. The summed E-state index contributed by atoms with van der Waals surface area (Å²) in [6.07, 6.45) is 0.782. The summed E-state index contributed by atoms with van der Waals surface area (Å²) in [6.45, 7) is 7.46. The lowest BCUT2D eigenvalue weighted by Gasteiger charge is -2.19. The minimum atomic E-state index is 0.381. The second-order valence-corrected chi connectivity index (χ2v) is 5.55. The lowest BCUT2D eigenvalue weighted by Crippen LogP contribution is -2.35. The first kappa shape index (κ1) is 13.2. The van der Waals surface area contributed by atoms with Crippen LogP contribution in [0.25, 0.3) is 10.7 Å². The van der Waals surface area contributed by atoms with Crippen molar-refractivity contribution in [2.45, 2.75) is 33.2 Å². The zero-order chi connectivity index (χ0) is 13.0. The Labute approximate surface area is 111 Å². The van der Waals surface area contributed by atoms with Crippen molar-refractivity contribution in [1.82, 2.24) is 15.5 Å². The van der Waals surface area contributed by atoms with Crippen molar-refractivity contribution in [3.05, 3.63) is 23.4 Å². The maximum Gasteiger partial charge on any atom is 0.228 e. The Balaban J connectivity index is 2.06. The normalized spacial score (nSPS) is 13.1. The Morgan fingerprint density at radius 1 is 1.44 bits per heavy atom. The molecule has 2 rings (SSSR count). The second-order valence-electron chi connectivity index (χ2n) is 4.60. The molecule has 0 aliphatic heterocycles. The van der Waals surface area contributed by atoms with E-state index in [1.807, 2.05) is 17.5 Å². The summed E-state index contributed by atoms with van der Waals surface area (Å²) in [7, 11) is 0. The van der Waals surface area contributed by atoms with Crippen LogP contribution >= 0.6 is 11.3 Å². The van der Waals surface area contributed by atoms with Crippen molar-refractivity contribution >= 4 is 11.3 Å². The quantitative estimate of drug-likeness (QED) is 0.872. The topological polar surface area (TPSA) is 51.0 Å². The van der Waals surface area contributed by atoms with Gasteiger partial charge in [0, 0.05) is 12.5 Å². The van der Waals surface area contributed by atoms with E-state index in [0.29, 0.717) is 23.7 Å². The van der Waals surface area contributed by atoms with Crippen LogP contribution in [0.3, 0.4) is 0 Å². The maximum atomic E-state index is 5.32. The standard InChI is InChI=1S/C13H19N3OS/c1-4-14-10(9(2)3)8-12-15-13(16-17-12)11-6-5-7-18-11/h5-7,9-10,14H,4,8H2,1-3H3. The number of rotatable bonds is 6. The molecule has 0 saturated heterocycles. The van der Waals surface area contributed by atoms with Crippen LogP contribution < -0.4 is 5.32 Å². The third-order valence-corrected chi connectivity index (χ3v) is 3.74. The van der Waals surface area contributed by atoms with Crippen LogP contribution in [0.15, 0.2) is 22.0 Å². The molecule has 1 atom stereocenters. The molecule has 98 valence electrons. The van der Waals surface area contributed by atoms with E-state index in [-0.39, 0.29) is 0 Å². The molecule has 0 radical (unpaired) electrons. The van der Waals surface area contributed by atoms with Crippen LogP contribution in [-0.2, 0) is 6.42 Å². The second kappa shape index (κ2) is 6.11. The van der Waals surface area contributed by atoms with Crippen LogP contribution in [-0.4, -0.2) is 22.7 Å². The van der Waals surface area contributed by atoms with Crippen molar-refractivity contribution in [3.8, 4) is 10.7 Å². The largest absolute Gasteiger partial charge is 0.339 e. The zero-order valence-corrected chi connectivity index (χ0v) is 11.8. The number of hydrogen-bond donors (Lipinski definition) is 1. The Morgan fingerprint density at radius 3 is 2.89 bits per heavy atom. The van der Waals surface area contributed by atoms with E-state index < -0.39 is 0 Å². The highest BCUT2D eigenvalue weighted by molar-refractivity contribution is 7.13. The summed E-state index contributed by atoms with van der Waals surface area (Å²) in [6, 6.07) is 4.38. The molecule has 0 bridgehead atoms. The molecule has 0 aliphatic rings. The van der Waals surface area contributed by atoms with Gasteiger partial charge in [0.05, 0.1) is 4.88 Å². The van der Waals surface area contributed by atoms with Crippen molar-refractivity contribution in [3.63, 3.8) is 0 Å². The lowest BCUT2D eigenvalue weighted by atomic mass is 10.0. The molecule has 0 amide bonds. The van der Waals surface area contributed by atoms with Gasteiger partial charge in [-0.2, -0.15) is 4.98 Å². The Hall–Kier alpha value is -1.20. The molecule has 0 fully saturated rings. The van der Waals surface area contributed by atoms with E-state index in [0.717, 1.165) is 17.8 Å². The van der Waals surface area contributed by atoms with Gasteiger partial charge in [-0.3, -0.25) is 0 Å². The van der Waals surface area contributed by atoms with Gasteiger partial charge in [0.2, 0.25) is 11.7 Å². The molecule has 1 unspecified atom stereocenters. The van der Waals surface area contributed by atoms with Gasteiger partial charge >= 0.3 is 0 Å². The summed E-state index contributed by atoms with van der Waals surface area (Å²) in [4.78, 5) is 5.50. The van der Waals surface area contributed by atoms with E-state index in [2.05, 4.69) is 36.2 Å². The zero-order valence-electron chi connectivity index (χ0n) is 11.0. The van der Waals surface area contributed by atoms with Crippen molar-refractivity contribution in [2.24, 2.45) is 5.92 Å². The summed E-state index contributed by atoms with van der Waals surface area (Å²) in [5.41, 5.74) is 0. The minimum Gasteiger partial charge on any atom is -0.339 e. The van der Waals surface area contributed by atoms with Gasteiger partial charge in [-0.05, 0) is 23.9 Å². The molecule has 0 spiro atoms. The van der Waals surface area contributed by atoms with Crippen LogP contribution in [0.1, 0.15) is 26.7 Å². The van der Waals surface area contributed by atoms with Gasteiger partial charge in [-0.15, -0.1) is 11.3 Å². The van der Waals surface area contributed by atoms with E-state index >= 15 is 0 Å². The number of nitrogens with zero attached hydrogens (tertiary/aromatic N) is 2. The molecule has 4 nitrogen and oxygen atoms in total. The van der Waals surface area contributed by atoms with Crippen molar-refractivity contribution in [2.75, 3.05) is 6.54 Å². The molecule has 2 aromatic heterocycles. The predicted octanol–water partition coefficient (Wildman–Crippen LogP) is 2.97. The average molecular weight is 265 g/mol. The number of hydrogen-bond acceptors (Lipinski definition) is 5. The number of thiophene rings is 1. The molecular formula is C13H19N3OS. The van der Waals surface area contributed by atoms with Crippen molar-refractivity contribution in [1.29, 1.82) is 0 Å². The van der Waals surface area contributed by atoms with Gasteiger partial charge in [-0.25, -0.2) is 0 Å².